The van der Waals surface area contributed by atoms with Crippen LogP contribution in [0, 0.1) is 5.82 Å². The van der Waals surface area contributed by atoms with Crippen LogP contribution in [0.4, 0.5) is 9.18 Å². The molecule has 1 aliphatic heterocycles. The summed E-state index contributed by atoms with van der Waals surface area (Å²) in [6.07, 6.45) is 0.555. The van der Waals surface area contributed by atoms with Crippen LogP contribution in [0.15, 0.2) is 53.4 Å². The predicted molar refractivity (Wildman–Crippen MR) is 114 cm³/mol. The van der Waals surface area contributed by atoms with Gasteiger partial charge in [-0.25, -0.2) is 4.39 Å². The molecule has 1 fully saturated rings. The number of ether oxygens (including phenoxy) is 1. The second-order valence-electron chi connectivity index (χ2n) is 6.36. The minimum absolute atomic E-state index is 0.00506. The Morgan fingerprint density at radius 1 is 1.27 bits per heavy atom. The number of carbonyl (C=O) groups is 3. The molecule has 1 atom stereocenters. The van der Waals surface area contributed by atoms with Gasteiger partial charge in [-0.3, -0.25) is 19.3 Å². The summed E-state index contributed by atoms with van der Waals surface area (Å²) in [5.41, 5.74) is 0.225. The molecule has 1 saturated heterocycles. The monoisotopic (exact) mass is 448 g/mol. The Labute approximate surface area is 182 Å². The highest BCUT2D eigenvalue weighted by molar-refractivity contribution is 8.18. The first-order chi connectivity index (χ1) is 14.3. The van der Waals surface area contributed by atoms with Crippen molar-refractivity contribution in [1.29, 1.82) is 0 Å². The molecule has 0 bridgehead atoms. The topological polar surface area (TPSA) is 75.7 Å². The number of halogens is 2. The molecule has 9 heteroatoms. The molecule has 2 aromatic carbocycles. The standard InChI is InChI=1S/C21H18ClFN2O4S/c1-13(29-16-7-4-6-15(22)12-16)19(26)24-9-10-25-20(27)18(30-21(25)28)11-14-5-2-3-8-17(14)23/h2-8,11-13H,9-10H2,1H3,(H,24,26)/b18-11-. The molecule has 1 heterocycles. The van der Waals surface area contributed by atoms with Crippen molar-refractivity contribution in [2.45, 2.75) is 13.0 Å². The van der Waals surface area contributed by atoms with Gasteiger partial charge in [0.05, 0.1) is 4.91 Å². The van der Waals surface area contributed by atoms with E-state index >= 15 is 0 Å². The van der Waals surface area contributed by atoms with E-state index in [0.29, 0.717) is 10.8 Å². The highest BCUT2D eigenvalue weighted by Crippen LogP contribution is 2.32. The smallest absolute Gasteiger partial charge is 0.293 e. The van der Waals surface area contributed by atoms with Crippen molar-refractivity contribution in [1.82, 2.24) is 10.2 Å². The first-order valence-corrected chi connectivity index (χ1v) is 10.2. The lowest BCUT2D eigenvalue weighted by molar-refractivity contribution is -0.128. The molecular weight excluding hydrogens is 431 g/mol. The number of benzene rings is 2. The minimum Gasteiger partial charge on any atom is -0.481 e. The average Bonchev–Trinajstić information content (AvgIpc) is 2.97. The lowest BCUT2D eigenvalue weighted by Crippen LogP contribution is -2.41. The van der Waals surface area contributed by atoms with E-state index in [1.807, 2.05) is 0 Å². The van der Waals surface area contributed by atoms with Crippen molar-refractivity contribution < 1.29 is 23.5 Å². The number of hydrogen-bond acceptors (Lipinski definition) is 5. The molecule has 0 radical (unpaired) electrons. The van der Waals surface area contributed by atoms with Gasteiger partial charge in [0.15, 0.2) is 6.10 Å². The summed E-state index contributed by atoms with van der Waals surface area (Å²) >= 11 is 6.62. The van der Waals surface area contributed by atoms with E-state index in [-0.39, 0.29) is 23.6 Å². The Kier molecular flexibility index (Phi) is 7.12. The Balaban J connectivity index is 1.53. The third-order valence-electron chi connectivity index (χ3n) is 4.18. The van der Waals surface area contributed by atoms with Gasteiger partial charge in [0, 0.05) is 23.7 Å². The number of nitrogens with one attached hydrogen (secondary N) is 1. The third kappa shape index (κ3) is 5.40. The predicted octanol–water partition coefficient (Wildman–Crippen LogP) is 4.10. The molecule has 30 heavy (non-hydrogen) atoms. The fraction of sp³-hybridized carbons (Fsp3) is 0.190. The van der Waals surface area contributed by atoms with Crippen LogP contribution in [0.3, 0.4) is 0 Å². The van der Waals surface area contributed by atoms with E-state index in [1.165, 1.54) is 24.3 Å². The molecule has 0 spiro atoms. The lowest BCUT2D eigenvalue weighted by atomic mass is 10.2. The number of thioether (sulfide) groups is 1. The van der Waals surface area contributed by atoms with Gasteiger partial charge in [0.2, 0.25) is 0 Å². The Morgan fingerprint density at radius 3 is 2.77 bits per heavy atom. The molecular formula is C21H18ClFN2O4S. The summed E-state index contributed by atoms with van der Waals surface area (Å²) < 4.78 is 19.3. The lowest BCUT2D eigenvalue weighted by Gasteiger charge is -2.16. The van der Waals surface area contributed by atoms with Crippen LogP contribution < -0.4 is 10.1 Å². The highest BCUT2D eigenvalue weighted by atomic mass is 35.5. The maximum absolute atomic E-state index is 13.8. The summed E-state index contributed by atoms with van der Waals surface area (Å²) in [4.78, 5) is 37.9. The normalized spacial score (nSPS) is 16.1. The zero-order valence-electron chi connectivity index (χ0n) is 15.9. The first-order valence-electron chi connectivity index (χ1n) is 9.05. The maximum Gasteiger partial charge on any atom is 0.293 e. The van der Waals surface area contributed by atoms with Gasteiger partial charge < -0.3 is 10.1 Å². The van der Waals surface area contributed by atoms with Crippen LogP contribution in [0.2, 0.25) is 5.02 Å². The number of hydrogen-bond donors (Lipinski definition) is 1. The quantitative estimate of drug-likeness (QED) is 0.645. The number of rotatable bonds is 7. The van der Waals surface area contributed by atoms with Crippen LogP contribution in [0.5, 0.6) is 5.75 Å². The van der Waals surface area contributed by atoms with E-state index in [0.717, 1.165) is 16.7 Å². The number of amides is 3. The van der Waals surface area contributed by atoms with Gasteiger partial charge >= 0.3 is 0 Å². The largest absolute Gasteiger partial charge is 0.481 e. The summed E-state index contributed by atoms with van der Waals surface area (Å²) in [6, 6.07) is 12.6. The molecule has 1 aliphatic rings. The summed E-state index contributed by atoms with van der Waals surface area (Å²) in [7, 11) is 0. The van der Waals surface area contributed by atoms with Crippen LogP contribution in [0.1, 0.15) is 12.5 Å². The zero-order chi connectivity index (χ0) is 21.7. The molecule has 0 aliphatic carbocycles. The Hall–Kier alpha value is -2.84. The molecule has 0 saturated carbocycles. The Morgan fingerprint density at radius 2 is 2.03 bits per heavy atom. The van der Waals surface area contributed by atoms with E-state index in [1.54, 1.807) is 37.3 Å². The van der Waals surface area contributed by atoms with E-state index in [2.05, 4.69) is 5.32 Å². The summed E-state index contributed by atoms with van der Waals surface area (Å²) in [5, 5.41) is 2.64. The van der Waals surface area contributed by atoms with Gasteiger partial charge in [0.25, 0.3) is 17.1 Å². The van der Waals surface area contributed by atoms with E-state index in [4.69, 9.17) is 16.3 Å². The van der Waals surface area contributed by atoms with Crippen molar-refractivity contribution in [3.05, 3.63) is 69.8 Å². The van der Waals surface area contributed by atoms with Gasteiger partial charge in [-0.1, -0.05) is 35.9 Å². The van der Waals surface area contributed by atoms with Crippen LogP contribution in [0.25, 0.3) is 6.08 Å². The van der Waals surface area contributed by atoms with Crippen LogP contribution in [-0.4, -0.2) is 41.1 Å². The van der Waals surface area contributed by atoms with Crippen molar-refractivity contribution >= 4 is 46.5 Å². The molecule has 0 aromatic heterocycles. The van der Waals surface area contributed by atoms with Crippen LogP contribution >= 0.6 is 23.4 Å². The van der Waals surface area contributed by atoms with Gasteiger partial charge in [-0.15, -0.1) is 0 Å². The zero-order valence-corrected chi connectivity index (χ0v) is 17.5. The minimum atomic E-state index is -0.792. The number of nitrogens with zero attached hydrogens (tertiary/aromatic N) is 1. The van der Waals surface area contributed by atoms with Crippen LogP contribution in [-0.2, 0) is 9.59 Å². The SMILES string of the molecule is CC(Oc1cccc(Cl)c1)C(=O)NCCN1C(=O)S/C(=C\c2ccccc2F)C1=O. The van der Waals surface area contributed by atoms with Crippen molar-refractivity contribution in [2.75, 3.05) is 13.1 Å². The molecule has 1 N–H and O–H groups in total. The third-order valence-corrected chi connectivity index (χ3v) is 5.32. The summed E-state index contributed by atoms with van der Waals surface area (Å²) in [5.74, 6) is -0.950. The molecule has 156 valence electrons. The van der Waals surface area contributed by atoms with E-state index in [9.17, 15) is 18.8 Å². The maximum atomic E-state index is 13.8. The molecule has 6 nitrogen and oxygen atoms in total. The van der Waals surface area contributed by atoms with Crippen molar-refractivity contribution in [3.8, 4) is 5.75 Å². The second-order valence-corrected chi connectivity index (χ2v) is 7.79. The first kappa shape index (κ1) is 21.9. The fourth-order valence-electron chi connectivity index (χ4n) is 2.66. The van der Waals surface area contributed by atoms with Crippen molar-refractivity contribution in [2.24, 2.45) is 0 Å². The molecule has 3 rings (SSSR count). The van der Waals surface area contributed by atoms with Gasteiger partial charge in [-0.05, 0) is 49.0 Å². The fourth-order valence-corrected chi connectivity index (χ4v) is 3.69. The summed E-state index contributed by atoms with van der Waals surface area (Å²) in [6.45, 7) is 1.63. The number of imide groups is 1. The molecule has 2 aromatic rings. The average molecular weight is 449 g/mol. The second kappa shape index (κ2) is 9.77. The highest BCUT2D eigenvalue weighted by Gasteiger charge is 2.34. The van der Waals surface area contributed by atoms with Gasteiger partial charge in [0.1, 0.15) is 11.6 Å². The molecule has 1 unspecified atom stereocenters. The van der Waals surface area contributed by atoms with Gasteiger partial charge in [-0.2, -0.15) is 0 Å². The Bertz CT molecular complexity index is 1010. The van der Waals surface area contributed by atoms with Crippen molar-refractivity contribution in [3.63, 3.8) is 0 Å². The molecule has 3 amide bonds. The van der Waals surface area contributed by atoms with E-state index < -0.39 is 29.0 Å². The number of carbonyl (C=O) groups excluding carboxylic acids is 3.